The Morgan fingerprint density at radius 3 is 2.76 bits per heavy atom. The van der Waals surface area contributed by atoms with E-state index in [0.29, 0.717) is 13.1 Å². The van der Waals surface area contributed by atoms with Gasteiger partial charge in [-0.25, -0.2) is 0 Å². The number of hydrogen-bond acceptors (Lipinski definition) is 3. The number of amides is 1. The largest absolute Gasteiger partial charge is 0.467 e. The average Bonchev–Trinajstić information content (AvgIpc) is 3.32. The fraction of sp³-hybridized carbons (Fsp3) is 0.250. The van der Waals surface area contributed by atoms with Crippen molar-refractivity contribution in [2.45, 2.75) is 19.1 Å². The fourth-order valence-electron chi connectivity index (χ4n) is 3.46. The lowest BCUT2D eigenvalue weighted by Crippen LogP contribution is -2.44. The van der Waals surface area contributed by atoms with E-state index in [4.69, 9.17) is 4.42 Å². The second kappa shape index (κ2) is 6.99. The highest BCUT2D eigenvalue weighted by molar-refractivity contribution is 5.78. The molecule has 1 atom stereocenters. The highest BCUT2D eigenvalue weighted by atomic mass is 16.3. The first-order valence-corrected chi connectivity index (χ1v) is 8.54. The van der Waals surface area contributed by atoms with E-state index in [-0.39, 0.29) is 11.9 Å². The molecule has 25 heavy (non-hydrogen) atoms. The topological polar surface area (TPSA) is 50.4 Å². The first-order valence-electron chi connectivity index (χ1n) is 8.54. The first-order chi connectivity index (χ1) is 12.3. The number of nitrogens with zero attached hydrogens (tertiary/aromatic N) is 2. The summed E-state index contributed by atoms with van der Waals surface area (Å²) in [5.74, 6) is 0.776. The number of nitrogens with one attached hydrogen (secondary N) is 1. The van der Waals surface area contributed by atoms with E-state index in [9.17, 15) is 4.79 Å². The van der Waals surface area contributed by atoms with Gasteiger partial charge in [-0.05, 0) is 29.8 Å². The monoisotopic (exact) mass is 335 g/mol. The van der Waals surface area contributed by atoms with Gasteiger partial charge in [0.05, 0.1) is 25.4 Å². The zero-order chi connectivity index (χ0) is 17.1. The van der Waals surface area contributed by atoms with E-state index >= 15 is 0 Å². The molecule has 0 saturated heterocycles. The maximum atomic E-state index is 12.4. The lowest BCUT2D eigenvalue weighted by molar-refractivity contribution is -0.123. The van der Waals surface area contributed by atoms with Crippen molar-refractivity contribution >= 4 is 5.91 Å². The molecule has 0 bridgehead atoms. The summed E-state index contributed by atoms with van der Waals surface area (Å²) >= 11 is 0. The smallest absolute Gasteiger partial charge is 0.234 e. The van der Waals surface area contributed by atoms with Crippen molar-refractivity contribution in [1.82, 2.24) is 14.8 Å². The maximum Gasteiger partial charge on any atom is 0.234 e. The second-order valence-corrected chi connectivity index (χ2v) is 6.27. The summed E-state index contributed by atoms with van der Waals surface area (Å²) in [5, 5.41) is 2.94. The zero-order valence-electron chi connectivity index (χ0n) is 14.0. The summed E-state index contributed by atoms with van der Waals surface area (Å²) in [4.78, 5) is 14.7. The SMILES string of the molecule is O=C(CN1CCn2cccc2[C@H]1c1ccccc1)NCc1ccco1. The van der Waals surface area contributed by atoms with Crippen LogP contribution >= 0.6 is 0 Å². The van der Waals surface area contributed by atoms with Crippen LogP contribution in [0, 0.1) is 0 Å². The fourth-order valence-corrected chi connectivity index (χ4v) is 3.46. The Bertz CT molecular complexity index is 824. The number of carbonyl (C=O) groups excluding carboxylic acids is 1. The molecule has 5 nitrogen and oxygen atoms in total. The van der Waals surface area contributed by atoms with Crippen LogP contribution in [0.5, 0.6) is 0 Å². The Hall–Kier alpha value is -2.79. The Kier molecular flexibility index (Phi) is 4.39. The van der Waals surface area contributed by atoms with Crippen LogP contribution in [-0.4, -0.2) is 28.5 Å². The van der Waals surface area contributed by atoms with E-state index in [1.165, 1.54) is 11.3 Å². The molecule has 3 heterocycles. The van der Waals surface area contributed by atoms with Gasteiger partial charge < -0.3 is 14.3 Å². The molecular formula is C20H21N3O2. The molecule has 4 rings (SSSR count). The minimum absolute atomic E-state index is 0.0114. The summed E-state index contributed by atoms with van der Waals surface area (Å²) in [6.45, 7) is 2.53. The molecule has 1 aromatic carbocycles. The number of fused-ring (bicyclic) bond motifs is 1. The third-order valence-electron chi connectivity index (χ3n) is 4.64. The highest BCUT2D eigenvalue weighted by Crippen LogP contribution is 2.31. The second-order valence-electron chi connectivity index (χ2n) is 6.27. The number of hydrogen-bond donors (Lipinski definition) is 1. The molecule has 0 saturated carbocycles. The van der Waals surface area contributed by atoms with E-state index in [1.807, 2.05) is 30.3 Å². The molecule has 5 heteroatoms. The lowest BCUT2D eigenvalue weighted by atomic mass is 10.00. The number of aromatic nitrogens is 1. The van der Waals surface area contributed by atoms with E-state index in [1.54, 1.807) is 6.26 Å². The van der Waals surface area contributed by atoms with Gasteiger partial charge in [-0.3, -0.25) is 9.69 Å². The van der Waals surface area contributed by atoms with Gasteiger partial charge in [0, 0.05) is 25.0 Å². The van der Waals surface area contributed by atoms with E-state index < -0.39 is 0 Å². The highest BCUT2D eigenvalue weighted by Gasteiger charge is 2.29. The Labute approximate surface area is 146 Å². The van der Waals surface area contributed by atoms with Crippen LogP contribution in [0.1, 0.15) is 23.1 Å². The van der Waals surface area contributed by atoms with Crippen molar-refractivity contribution in [3.63, 3.8) is 0 Å². The van der Waals surface area contributed by atoms with Crippen molar-refractivity contribution < 1.29 is 9.21 Å². The van der Waals surface area contributed by atoms with Gasteiger partial charge in [0.2, 0.25) is 5.91 Å². The minimum atomic E-state index is 0.0114. The Balaban J connectivity index is 1.50. The minimum Gasteiger partial charge on any atom is -0.467 e. The lowest BCUT2D eigenvalue weighted by Gasteiger charge is -2.36. The standard InChI is InChI=1S/C20H21N3O2/c24-19(21-14-17-8-5-13-25-17)15-23-12-11-22-10-4-9-18(22)20(23)16-6-2-1-3-7-16/h1-10,13,20H,11-12,14-15H2,(H,21,24)/t20-/m1/s1. The molecular weight excluding hydrogens is 314 g/mol. The van der Waals surface area contributed by atoms with Crippen LogP contribution in [0.2, 0.25) is 0 Å². The van der Waals surface area contributed by atoms with Gasteiger partial charge in [0.15, 0.2) is 0 Å². The van der Waals surface area contributed by atoms with Crippen molar-refractivity contribution in [3.05, 3.63) is 84.1 Å². The predicted octanol–water partition coefficient (Wildman–Crippen LogP) is 2.80. The molecule has 1 aliphatic heterocycles. The molecule has 1 N–H and O–H groups in total. The molecule has 3 aromatic rings. The van der Waals surface area contributed by atoms with Gasteiger partial charge in [-0.2, -0.15) is 0 Å². The Morgan fingerprint density at radius 1 is 1.08 bits per heavy atom. The van der Waals surface area contributed by atoms with Gasteiger partial charge in [0.25, 0.3) is 0 Å². The van der Waals surface area contributed by atoms with Gasteiger partial charge in [0.1, 0.15) is 5.76 Å². The summed E-state index contributed by atoms with van der Waals surface area (Å²) in [7, 11) is 0. The molecule has 0 spiro atoms. The van der Waals surface area contributed by atoms with Crippen molar-refractivity contribution in [1.29, 1.82) is 0 Å². The third-order valence-corrected chi connectivity index (χ3v) is 4.64. The first kappa shape index (κ1) is 15.7. The summed E-state index contributed by atoms with van der Waals surface area (Å²) in [6, 6.07) is 18.4. The number of rotatable bonds is 5. The van der Waals surface area contributed by atoms with Crippen molar-refractivity contribution in [3.8, 4) is 0 Å². The Morgan fingerprint density at radius 2 is 1.96 bits per heavy atom. The normalized spacial score (nSPS) is 17.2. The van der Waals surface area contributed by atoms with Crippen molar-refractivity contribution in [2.24, 2.45) is 0 Å². The molecule has 0 radical (unpaired) electrons. The van der Waals surface area contributed by atoms with E-state index in [0.717, 1.165) is 18.8 Å². The average molecular weight is 335 g/mol. The molecule has 2 aromatic heterocycles. The maximum absolute atomic E-state index is 12.4. The van der Waals surface area contributed by atoms with Crippen molar-refractivity contribution in [2.75, 3.05) is 13.1 Å². The summed E-state index contributed by atoms with van der Waals surface area (Å²) in [5.41, 5.74) is 2.44. The van der Waals surface area contributed by atoms with Crippen LogP contribution in [0.3, 0.4) is 0 Å². The molecule has 0 aliphatic carbocycles. The molecule has 1 aliphatic rings. The van der Waals surface area contributed by atoms with Crippen LogP contribution in [0.4, 0.5) is 0 Å². The molecule has 1 amide bonds. The van der Waals surface area contributed by atoms with Crippen LogP contribution < -0.4 is 5.32 Å². The van der Waals surface area contributed by atoms with Gasteiger partial charge >= 0.3 is 0 Å². The third kappa shape index (κ3) is 3.37. The van der Waals surface area contributed by atoms with Gasteiger partial charge in [-0.1, -0.05) is 30.3 Å². The van der Waals surface area contributed by atoms with E-state index in [2.05, 4.69) is 45.2 Å². The van der Waals surface area contributed by atoms with Gasteiger partial charge in [-0.15, -0.1) is 0 Å². The number of benzene rings is 1. The molecule has 0 unspecified atom stereocenters. The predicted molar refractivity (Wildman–Crippen MR) is 94.8 cm³/mol. The molecule has 0 fully saturated rings. The number of carbonyl (C=O) groups is 1. The quantitative estimate of drug-likeness (QED) is 0.780. The van der Waals surface area contributed by atoms with Crippen LogP contribution in [0.15, 0.2) is 71.5 Å². The number of furan rings is 1. The zero-order valence-corrected chi connectivity index (χ0v) is 14.0. The summed E-state index contributed by atoms with van der Waals surface area (Å²) < 4.78 is 7.54. The van der Waals surface area contributed by atoms with Crippen LogP contribution in [-0.2, 0) is 17.9 Å². The van der Waals surface area contributed by atoms with Crippen LogP contribution in [0.25, 0.3) is 0 Å². The molecule has 128 valence electrons. The summed E-state index contributed by atoms with van der Waals surface area (Å²) in [6.07, 6.45) is 3.73.